The molecular weight excluding hydrogens is 1210 g/mol. The Balaban J connectivity index is 0.000000541. The molecule has 21 heteroatoms. The number of rotatable bonds is 10. The number of nitrogens with zero attached hydrogens (tertiary/aromatic N) is 10. The Labute approximate surface area is 542 Å². The number of carbonyl (C=O) groups is 1. The second-order valence-electron chi connectivity index (χ2n) is 14.3. The molecule has 0 unspecified atom stereocenters. The minimum absolute atomic E-state index is 0. The van der Waals surface area contributed by atoms with Crippen LogP contribution in [-0.4, -0.2) is 94.0 Å². The molecule has 2 fully saturated rings. The first-order valence-corrected chi connectivity index (χ1v) is 22.5. The first kappa shape index (κ1) is 62.4. The number of nitrogens with one attached hydrogen (secondary N) is 1. The van der Waals surface area contributed by atoms with Crippen LogP contribution in [0.1, 0.15) is 42.7 Å². The van der Waals surface area contributed by atoms with Crippen LogP contribution in [0.15, 0.2) is 122 Å². The predicted octanol–water partition coefficient (Wildman–Crippen LogP) is 3.09. The van der Waals surface area contributed by atoms with Gasteiger partial charge >= 0.3 is 138 Å². The molecule has 346 valence electrons. The summed E-state index contributed by atoms with van der Waals surface area (Å²) in [5, 5.41) is 36.6. The molecule has 6 aromatic rings. The van der Waals surface area contributed by atoms with E-state index in [-0.39, 0.29) is 158 Å². The maximum Gasteiger partial charge on any atom is 1.00 e. The van der Waals surface area contributed by atoms with E-state index in [2.05, 4.69) is 80.4 Å². The molecule has 1 N–H and O–H groups in total. The van der Waals surface area contributed by atoms with E-state index < -0.39 is 0 Å². The Hall–Kier alpha value is -1.73. The fraction of sp³-hybridized carbons (Fsp3) is 0.277. The minimum Gasteiger partial charge on any atom is -1.00 e. The number of aromatic nitrogens is 4. The van der Waals surface area contributed by atoms with Crippen LogP contribution in [0.25, 0.3) is 0 Å². The predicted molar refractivity (Wildman–Crippen MR) is 259 cm³/mol. The number of carbonyl (C=O) groups excluding carboxylic acids is 1. The number of anilines is 2. The molecule has 4 aromatic carbocycles. The van der Waals surface area contributed by atoms with Crippen LogP contribution >= 0.6 is 58.0 Å². The summed E-state index contributed by atoms with van der Waals surface area (Å²) >= 11 is 31.1. The van der Waals surface area contributed by atoms with Gasteiger partial charge in [-0.3, -0.25) is 14.6 Å². The van der Waals surface area contributed by atoms with Gasteiger partial charge in [-0.2, -0.15) is 15.8 Å². The Kier molecular flexibility index (Phi) is 32.5. The summed E-state index contributed by atoms with van der Waals surface area (Å²) in [6.45, 7) is 9.28. The molecule has 0 saturated carbocycles. The number of aromatic amines is 1. The zero-order valence-corrected chi connectivity index (χ0v) is 54.3. The third-order valence-electron chi connectivity index (χ3n) is 10.3. The van der Waals surface area contributed by atoms with Crippen LogP contribution in [0, 0.1) is 34.0 Å². The average Bonchev–Trinajstić information content (AvgIpc) is 4.11. The molecule has 14 nitrogen and oxygen atoms in total. The zero-order chi connectivity index (χ0) is 47.7. The van der Waals surface area contributed by atoms with Crippen molar-refractivity contribution in [3.63, 3.8) is 0 Å². The summed E-state index contributed by atoms with van der Waals surface area (Å²) in [4.78, 5) is 31.2. The summed E-state index contributed by atoms with van der Waals surface area (Å²) in [5.74, 6) is 0.616. The second kappa shape index (κ2) is 35.4. The number of hydrogen-bond acceptors (Lipinski definition) is 12. The molecule has 4 heterocycles. The van der Waals surface area contributed by atoms with Gasteiger partial charge in [0.25, 0.3) is 6.47 Å². The number of hydrogen-bond donors (Lipinski definition) is 1. The number of benzene rings is 4. The van der Waals surface area contributed by atoms with E-state index in [1.807, 2.05) is 61.1 Å². The fourth-order valence-electron chi connectivity index (χ4n) is 7.23. The molecule has 2 aliphatic rings. The molecule has 0 amide bonds. The van der Waals surface area contributed by atoms with Crippen molar-refractivity contribution in [2.24, 2.45) is 0 Å². The van der Waals surface area contributed by atoms with Gasteiger partial charge in [-0.05, 0) is 71.8 Å². The van der Waals surface area contributed by atoms with E-state index >= 15 is 0 Å². The van der Waals surface area contributed by atoms with Gasteiger partial charge in [-0.15, -0.1) is 11.6 Å². The quantitative estimate of drug-likeness (QED) is 0.0919. The standard InChI is InChI=1S/C22H21Cl2N5.C19H18Cl3N3.C3H4N2.C2H3N.CH2O3.2Cs.H/c23-19-4-2-18(3-5-19)22-15-27(9-10-28-8-7-26-16-28)11-12-29(22)21-6-1-17(14-25)13-20(21)24;20-7-8-24-9-10-25(18-6-1-14(12-23)11-17(18)22)19(13-24)15-2-4-16(21)5-3-15;1-2-5-3-4-1;1-2-3;2-1-4-3;;;/h1-8,13,16,22H,9-12,15H2;1-6,11,19H,7-10,13H2;1-3H,(H,4,5);1H3;1,3H;;;/q;;;;;2*+1;-1/p-1/t22-;19-;;;;;;/m00....../s1. The van der Waals surface area contributed by atoms with Gasteiger partial charge in [0.05, 0.1) is 75.5 Å². The summed E-state index contributed by atoms with van der Waals surface area (Å²) in [6.07, 6.45) is 10.7. The zero-order valence-electron chi connectivity index (χ0n) is 38.9. The second-order valence-corrected chi connectivity index (χ2v) is 16.4. The van der Waals surface area contributed by atoms with Crippen LogP contribution < -0.4 is 153 Å². The summed E-state index contributed by atoms with van der Waals surface area (Å²) in [5.41, 5.74) is 5.43. The Morgan fingerprint density at radius 1 is 0.735 bits per heavy atom. The van der Waals surface area contributed by atoms with Crippen molar-refractivity contribution in [3.8, 4) is 18.2 Å². The van der Waals surface area contributed by atoms with Crippen molar-refractivity contribution in [1.29, 1.82) is 15.8 Å². The van der Waals surface area contributed by atoms with Crippen molar-refractivity contribution in [1.82, 2.24) is 29.3 Å². The molecule has 2 aromatic heterocycles. The summed E-state index contributed by atoms with van der Waals surface area (Å²) in [6, 6.07) is 33.3. The van der Waals surface area contributed by atoms with Crippen molar-refractivity contribution in [3.05, 3.63) is 165 Å². The molecule has 2 aliphatic heterocycles. The third kappa shape index (κ3) is 20.8. The van der Waals surface area contributed by atoms with E-state index in [4.69, 9.17) is 83.8 Å². The minimum atomic E-state index is -0.181. The topological polar surface area (TPSA) is 180 Å². The van der Waals surface area contributed by atoms with Crippen LogP contribution in [0.4, 0.5) is 11.4 Å². The van der Waals surface area contributed by atoms with E-state index in [1.165, 1.54) is 18.1 Å². The SMILES string of the molecule is CC#N.N#Cc1ccc(N2CCN(CCCl)C[C@H]2c2ccc(Cl)cc2)c(Cl)c1.N#Cc1ccc(N2CCN(CCn3ccnc3)C[C@H]2c2ccc(Cl)cc2)c(Cl)c1.O=CO[O-].[Cs+].[Cs+].[H-].c1c[nH]cn1. The molecule has 0 radical (unpaired) electrons. The van der Waals surface area contributed by atoms with Crippen LogP contribution in [0.5, 0.6) is 0 Å². The van der Waals surface area contributed by atoms with Crippen molar-refractivity contribution >= 4 is 75.9 Å². The Morgan fingerprint density at radius 2 is 1.21 bits per heavy atom. The maximum atomic E-state index is 9.14. The summed E-state index contributed by atoms with van der Waals surface area (Å²) < 4.78 is 2.10. The van der Waals surface area contributed by atoms with Gasteiger partial charge in [0.2, 0.25) is 0 Å². The molecule has 68 heavy (non-hydrogen) atoms. The number of H-pyrrole nitrogens is 1. The van der Waals surface area contributed by atoms with Crippen LogP contribution in [0.3, 0.4) is 0 Å². The van der Waals surface area contributed by atoms with E-state index in [9.17, 15) is 0 Å². The van der Waals surface area contributed by atoms with Crippen molar-refractivity contribution in [2.45, 2.75) is 25.6 Å². The van der Waals surface area contributed by atoms with Gasteiger partial charge < -0.3 is 30.9 Å². The van der Waals surface area contributed by atoms with Gasteiger partial charge in [-0.1, -0.05) is 70.7 Å². The van der Waals surface area contributed by atoms with E-state index in [0.717, 1.165) is 80.3 Å². The van der Waals surface area contributed by atoms with Gasteiger partial charge in [0.1, 0.15) is 0 Å². The molecule has 0 bridgehead atoms. The smallest absolute Gasteiger partial charge is 1.00 e. The van der Waals surface area contributed by atoms with E-state index in [1.54, 1.807) is 43.1 Å². The molecule has 0 aliphatic carbocycles. The van der Waals surface area contributed by atoms with Crippen LogP contribution in [0.2, 0.25) is 20.1 Å². The van der Waals surface area contributed by atoms with Gasteiger partial charge in [0, 0.05) is 107 Å². The van der Waals surface area contributed by atoms with Gasteiger partial charge in [0.15, 0.2) is 0 Å². The Morgan fingerprint density at radius 3 is 1.54 bits per heavy atom. The largest absolute Gasteiger partial charge is 1.00 e. The molecule has 8 rings (SSSR count). The Bertz CT molecular complexity index is 2460. The van der Waals surface area contributed by atoms with Crippen molar-refractivity contribution in [2.75, 3.05) is 68.0 Å². The van der Waals surface area contributed by atoms with Crippen LogP contribution in [-0.2, 0) is 16.2 Å². The van der Waals surface area contributed by atoms with Crippen molar-refractivity contribution < 1.29 is 154 Å². The number of imidazole rings is 2. The first-order chi connectivity index (χ1) is 32.1. The molecular formula is C47H48Cl5Cs2N11O3. The fourth-order valence-corrected chi connectivity index (χ4v) is 8.30. The number of halogens is 5. The van der Waals surface area contributed by atoms with Gasteiger partial charge in [-0.25, -0.2) is 9.97 Å². The first-order valence-electron chi connectivity index (χ1n) is 20.4. The van der Waals surface area contributed by atoms with E-state index in [0.29, 0.717) is 27.1 Å². The molecule has 2 atom stereocenters. The normalized spacial score (nSPS) is 15.1. The average molecular weight is 1260 g/mol. The number of piperazine rings is 2. The maximum absolute atomic E-state index is 9.14. The summed E-state index contributed by atoms with van der Waals surface area (Å²) in [7, 11) is 0. The number of nitriles is 3. The number of alkyl halides is 1. The third-order valence-corrected chi connectivity index (χ3v) is 11.6. The molecule has 2 saturated heterocycles. The molecule has 0 spiro atoms. The monoisotopic (exact) mass is 1260 g/mol.